The first-order chi connectivity index (χ1) is 12.7. The van der Waals surface area contributed by atoms with E-state index < -0.39 is 0 Å². The highest BCUT2D eigenvalue weighted by molar-refractivity contribution is 5.85. The van der Waals surface area contributed by atoms with Gasteiger partial charge in [-0.25, -0.2) is 0 Å². The Bertz CT molecular complexity index is 608. The highest BCUT2D eigenvalue weighted by Gasteiger charge is 2.30. The predicted molar refractivity (Wildman–Crippen MR) is 99.5 cm³/mol. The molecule has 142 valence electrons. The van der Waals surface area contributed by atoms with Gasteiger partial charge in [-0.05, 0) is 12.0 Å². The molecule has 2 amide bonds. The van der Waals surface area contributed by atoms with E-state index in [1.807, 2.05) is 11.0 Å². The molecule has 26 heavy (non-hydrogen) atoms. The third kappa shape index (κ3) is 4.83. The molecule has 3 rings (SSSR count). The van der Waals surface area contributed by atoms with Crippen LogP contribution in [-0.4, -0.2) is 78.5 Å². The van der Waals surface area contributed by atoms with Gasteiger partial charge in [0.2, 0.25) is 11.8 Å². The molecule has 2 heterocycles. The molecule has 6 nitrogen and oxygen atoms in total. The maximum absolute atomic E-state index is 12.7. The van der Waals surface area contributed by atoms with Gasteiger partial charge >= 0.3 is 0 Å². The molecule has 2 aliphatic rings. The average molecular weight is 359 g/mol. The summed E-state index contributed by atoms with van der Waals surface area (Å²) in [6.07, 6.45) is 2.17. The third-order valence-corrected chi connectivity index (χ3v) is 5.22. The van der Waals surface area contributed by atoms with Crippen LogP contribution in [0.1, 0.15) is 25.3 Å². The number of morpholine rings is 1. The van der Waals surface area contributed by atoms with Gasteiger partial charge in [0, 0.05) is 38.8 Å². The van der Waals surface area contributed by atoms with Crippen molar-refractivity contribution in [1.82, 2.24) is 14.7 Å². The van der Waals surface area contributed by atoms with Gasteiger partial charge in [0.05, 0.1) is 13.2 Å². The summed E-state index contributed by atoms with van der Waals surface area (Å²) < 4.78 is 5.14. The molecule has 0 aliphatic carbocycles. The number of benzene rings is 1. The van der Waals surface area contributed by atoms with Crippen molar-refractivity contribution in [3.05, 3.63) is 35.9 Å². The van der Waals surface area contributed by atoms with Crippen LogP contribution in [0.2, 0.25) is 0 Å². The Balaban J connectivity index is 1.57. The van der Waals surface area contributed by atoms with Crippen molar-refractivity contribution in [2.24, 2.45) is 0 Å². The van der Waals surface area contributed by atoms with E-state index >= 15 is 0 Å². The lowest BCUT2D eigenvalue weighted by atomic mass is 10.0. The van der Waals surface area contributed by atoms with Gasteiger partial charge in [0.25, 0.3) is 0 Å². The van der Waals surface area contributed by atoms with E-state index in [4.69, 9.17) is 4.74 Å². The number of rotatable bonds is 6. The molecule has 1 aromatic rings. The minimum atomic E-state index is -0.0857. The molecule has 2 saturated heterocycles. The lowest BCUT2D eigenvalue weighted by molar-refractivity contribution is -0.149. The Morgan fingerprint density at radius 1 is 1.19 bits per heavy atom. The van der Waals surface area contributed by atoms with Crippen molar-refractivity contribution in [3.8, 4) is 0 Å². The number of hydrogen-bond donors (Lipinski definition) is 0. The zero-order chi connectivity index (χ0) is 18.4. The number of carbonyl (C=O) groups is 2. The first-order valence-electron chi connectivity index (χ1n) is 9.58. The van der Waals surface area contributed by atoms with Gasteiger partial charge in [0.1, 0.15) is 6.61 Å². The van der Waals surface area contributed by atoms with Gasteiger partial charge < -0.3 is 14.5 Å². The van der Waals surface area contributed by atoms with Gasteiger partial charge in [-0.15, -0.1) is 0 Å². The molecule has 0 spiro atoms. The Labute approximate surface area is 155 Å². The summed E-state index contributed by atoms with van der Waals surface area (Å²) in [5, 5.41) is 0. The van der Waals surface area contributed by atoms with Crippen LogP contribution in [0, 0.1) is 0 Å². The Kier molecular flexibility index (Phi) is 6.63. The van der Waals surface area contributed by atoms with Crippen LogP contribution in [0.4, 0.5) is 0 Å². The second kappa shape index (κ2) is 9.14. The van der Waals surface area contributed by atoms with E-state index in [1.165, 1.54) is 5.56 Å². The number of amides is 2. The smallest absolute Gasteiger partial charge is 0.249 e. The van der Waals surface area contributed by atoms with Crippen LogP contribution in [0.5, 0.6) is 0 Å². The summed E-state index contributed by atoms with van der Waals surface area (Å²) in [5.41, 5.74) is 1.31. The first kappa shape index (κ1) is 18.9. The van der Waals surface area contributed by atoms with Crippen LogP contribution in [0.15, 0.2) is 30.3 Å². The normalized spacial score (nSPS) is 21.9. The molecule has 2 fully saturated rings. The molecule has 0 radical (unpaired) electrons. The van der Waals surface area contributed by atoms with Gasteiger partial charge in [-0.1, -0.05) is 43.7 Å². The molecule has 1 atom stereocenters. The van der Waals surface area contributed by atoms with Gasteiger partial charge in [-0.2, -0.15) is 0 Å². The molecule has 0 saturated carbocycles. The molecule has 0 N–H and O–H groups in total. The fraction of sp³-hybridized carbons (Fsp3) is 0.600. The van der Waals surface area contributed by atoms with Gasteiger partial charge in [0.15, 0.2) is 0 Å². The number of piperazine rings is 1. The lowest BCUT2D eigenvalue weighted by Crippen LogP contribution is -2.56. The molecule has 1 aromatic carbocycles. The monoisotopic (exact) mass is 359 g/mol. The molecule has 2 aliphatic heterocycles. The quantitative estimate of drug-likeness (QED) is 0.770. The number of hydrogen-bond acceptors (Lipinski definition) is 4. The van der Waals surface area contributed by atoms with E-state index in [1.54, 1.807) is 4.90 Å². The summed E-state index contributed by atoms with van der Waals surface area (Å²) in [5.74, 6) is -0.0295. The van der Waals surface area contributed by atoms with Crippen LogP contribution in [0.25, 0.3) is 0 Å². The summed E-state index contributed by atoms with van der Waals surface area (Å²) in [4.78, 5) is 30.6. The largest absolute Gasteiger partial charge is 0.370 e. The SMILES string of the molecule is CCC[C@@H]1CN(C(=O)CN2CCOCC2=O)CCN1Cc1ccccc1. The van der Waals surface area contributed by atoms with Crippen molar-refractivity contribution < 1.29 is 14.3 Å². The fourth-order valence-corrected chi connectivity index (χ4v) is 3.73. The van der Waals surface area contributed by atoms with E-state index in [2.05, 4.69) is 36.1 Å². The number of carbonyl (C=O) groups excluding carboxylic acids is 2. The second-order valence-electron chi connectivity index (χ2n) is 7.11. The van der Waals surface area contributed by atoms with Crippen LogP contribution < -0.4 is 0 Å². The van der Waals surface area contributed by atoms with E-state index in [-0.39, 0.29) is 25.0 Å². The summed E-state index contributed by atoms with van der Waals surface area (Å²) in [7, 11) is 0. The molecular formula is C20H29N3O3. The third-order valence-electron chi connectivity index (χ3n) is 5.22. The van der Waals surface area contributed by atoms with Crippen LogP contribution in [-0.2, 0) is 20.9 Å². The molecule has 0 aromatic heterocycles. The molecular weight excluding hydrogens is 330 g/mol. The topological polar surface area (TPSA) is 53.1 Å². The van der Waals surface area contributed by atoms with Gasteiger partial charge in [-0.3, -0.25) is 14.5 Å². The van der Waals surface area contributed by atoms with Crippen molar-refractivity contribution in [2.75, 3.05) is 45.9 Å². The number of nitrogens with zero attached hydrogens (tertiary/aromatic N) is 3. The Morgan fingerprint density at radius 3 is 2.73 bits per heavy atom. The first-order valence-corrected chi connectivity index (χ1v) is 9.58. The maximum atomic E-state index is 12.7. The Morgan fingerprint density at radius 2 is 2.00 bits per heavy atom. The highest BCUT2D eigenvalue weighted by atomic mass is 16.5. The standard InChI is InChI=1S/C20H29N3O3/c1-2-6-18-14-22(19(24)15-23-11-12-26-16-20(23)25)10-9-21(18)13-17-7-4-3-5-8-17/h3-5,7-8,18H,2,6,9-16H2,1H3/t18-/m1/s1. The zero-order valence-electron chi connectivity index (χ0n) is 15.6. The van der Waals surface area contributed by atoms with Crippen molar-refractivity contribution in [1.29, 1.82) is 0 Å². The lowest BCUT2D eigenvalue weighted by Gasteiger charge is -2.42. The predicted octanol–water partition coefficient (Wildman–Crippen LogP) is 1.36. The van der Waals surface area contributed by atoms with E-state index in [0.29, 0.717) is 19.2 Å². The van der Waals surface area contributed by atoms with Crippen molar-refractivity contribution in [3.63, 3.8) is 0 Å². The van der Waals surface area contributed by atoms with Crippen LogP contribution >= 0.6 is 0 Å². The maximum Gasteiger partial charge on any atom is 0.249 e. The molecule has 0 bridgehead atoms. The minimum absolute atomic E-state index is 0.0562. The van der Waals surface area contributed by atoms with Crippen molar-refractivity contribution in [2.45, 2.75) is 32.4 Å². The molecule has 0 unspecified atom stereocenters. The summed E-state index contributed by atoms with van der Waals surface area (Å²) in [6, 6.07) is 10.9. The Hall–Kier alpha value is -1.92. The molecule has 6 heteroatoms. The highest BCUT2D eigenvalue weighted by Crippen LogP contribution is 2.18. The van der Waals surface area contributed by atoms with Crippen molar-refractivity contribution >= 4 is 11.8 Å². The zero-order valence-corrected chi connectivity index (χ0v) is 15.6. The van der Waals surface area contributed by atoms with Crippen LogP contribution in [0.3, 0.4) is 0 Å². The average Bonchev–Trinajstić information content (AvgIpc) is 2.66. The fourth-order valence-electron chi connectivity index (χ4n) is 3.73. The summed E-state index contributed by atoms with van der Waals surface area (Å²) >= 11 is 0. The second-order valence-corrected chi connectivity index (χ2v) is 7.11. The van der Waals surface area contributed by atoms with E-state index in [0.717, 1.165) is 39.0 Å². The van der Waals surface area contributed by atoms with E-state index in [9.17, 15) is 9.59 Å². The number of ether oxygens (including phenoxy) is 1. The summed E-state index contributed by atoms with van der Waals surface area (Å²) in [6.45, 7) is 6.77. The minimum Gasteiger partial charge on any atom is -0.370 e.